The highest BCUT2D eigenvalue weighted by Gasteiger charge is 2.02. The third-order valence-electron chi connectivity index (χ3n) is 2.77. The van der Waals surface area contributed by atoms with Crippen LogP contribution >= 0.6 is 22.9 Å². The average Bonchev–Trinajstić information content (AvgIpc) is 2.82. The van der Waals surface area contributed by atoms with Crippen LogP contribution in [0, 0.1) is 0 Å². The summed E-state index contributed by atoms with van der Waals surface area (Å²) in [7, 11) is 0. The summed E-state index contributed by atoms with van der Waals surface area (Å²) in [5.41, 5.74) is 1.10. The maximum atomic E-state index is 5.92. The van der Waals surface area contributed by atoms with Gasteiger partial charge in [0, 0.05) is 34.9 Å². The summed E-state index contributed by atoms with van der Waals surface area (Å²) >= 11 is 7.52. The number of nitrogens with one attached hydrogen (secondary N) is 1. The molecule has 0 aliphatic heterocycles. The Labute approximate surface area is 114 Å². The van der Waals surface area contributed by atoms with Crippen LogP contribution in [-0.4, -0.2) is 4.98 Å². The maximum absolute atomic E-state index is 5.92. The first-order chi connectivity index (χ1) is 8.83. The van der Waals surface area contributed by atoms with Crippen LogP contribution < -0.4 is 5.32 Å². The number of hydrogen-bond acceptors (Lipinski definition) is 3. The summed E-state index contributed by atoms with van der Waals surface area (Å²) in [6, 6.07) is 12.2. The summed E-state index contributed by atoms with van der Waals surface area (Å²) in [5, 5.41) is 5.76. The van der Waals surface area contributed by atoms with Gasteiger partial charge in [-0.3, -0.25) is 4.98 Å². The Bertz CT molecular complexity index is 673. The number of thiophene rings is 1. The largest absolute Gasteiger partial charge is 0.380 e. The van der Waals surface area contributed by atoms with E-state index in [-0.39, 0.29) is 0 Å². The minimum atomic E-state index is 0.783. The summed E-state index contributed by atoms with van der Waals surface area (Å²) in [6.45, 7) is 0.783. The highest BCUT2D eigenvalue weighted by Crippen LogP contribution is 2.25. The number of halogens is 1. The molecule has 0 saturated heterocycles. The molecule has 2 heterocycles. The van der Waals surface area contributed by atoms with Gasteiger partial charge in [-0.2, -0.15) is 0 Å². The molecule has 3 rings (SSSR count). The number of rotatable bonds is 3. The first-order valence-corrected chi connectivity index (χ1v) is 6.83. The van der Waals surface area contributed by atoms with E-state index in [1.807, 2.05) is 36.7 Å². The molecule has 2 nitrogen and oxygen atoms in total. The van der Waals surface area contributed by atoms with Gasteiger partial charge in [-0.05, 0) is 29.7 Å². The fraction of sp³-hybridized carbons (Fsp3) is 0.0714. The standard InChI is InChI=1S/C14H11ClN2S/c15-14-5-4-11(18-14)8-17-13-3-1-2-10-6-7-16-9-12(10)13/h1-7,9,17H,8H2. The number of fused-ring (bicyclic) bond motifs is 1. The lowest BCUT2D eigenvalue weighted by Crippen LogP contribution is -1.97. The van der Waals surface area contributed by atoms with E-state index in [1.54, 1.807) is 11.3 Å². The van der Waals surface area contributed by atoms with Gasteiger partial charge in [-0.15, -0.1) is 11.3 Å². The van der Waals surface area contributed by atoms with E-state index < -0.39 is 0 Å². The van der Waals surface area contributed by atoms with Gasteiger partial charge in [0.15, 0.2) is 0 Å². The molecule has 0 fully saturated rings. The zero-order valence-corrected chi connectivity index (χ0v) is 11.1. The summed E-state index contributed by atoms with van der Waals surface area (Å²) in [6.07, 6.45) is 3.70. The van der Waals surface area contributed by atoms with Crippen molar-refractivity contribution in [2.75, 3.05) is 5.32 Å². The van der Waals surface area contributed by atoms with E-state index in [4.69, 9.17) is 11.6 Å². The summed E-state index contributed by atoms with van der Waals surface area (Å²) in [5.74, 6) is 0. The normalized spacial score (nSPS) is 10.7. The lowest BCUT2D eigenvalue weighted by molar-refractivity contribution is 1.20. The molecule has 0 aliphatic carbocycles. The van der Waals surface area contributed by atoms with Crippen LogP contribution in [0.3, 0.4) is 0 Å². The average molecular weight is 275 g/mol. The van der Waals surface area contributed by atoms with Crippen molar-refractivity contribution in [2.24, 2.45) is 0 Å². The molecular weight excluding hydrogens is 264 g/mol. The molecular formula is C14H11ClN2S. The molecule has 0 spiro atoms. The third kappa shape index (κ3) is 2.33. The monoisotopic (exact) mass is 274 g/mol. The van der Waals surface area contributed by atoms with Crippen LogP contribution in [0.1, 0.15) is 4.88 Å². The summed E-state index contributed by atoms with van der Waals surface area (Å²) in [4.78, 5) is 5.40. The quantitative estimate of drug-likeness (QED) is 0.757. The Kier molecular flexibility index (Phi) is 3.17. The van der Waals surface area contributed by atoms with Crippen molar-refractivity contribution in [3.63, 3.8) is 0 Å². The van der Waals surface area contributed by atoms with Crippen molar-refractivity contribution in [2.45, 2.75) is 6.54 Å². The Morgan fingerprint density at radius 2 is 2.11 bits per heavy atom. The molecule has 0 radical (unpaired) electrons. The topological polar surface area (TPSA) is 24.9 Å². The Morgan fingerprint density at radius 1 is 1.17 bits per heavy atom. The van der Waals surface area contributed by atoms with Crippen LogP contribution in [0.5, 0.6) is 0 Å². The van der Waals surface area contributed by atoms with Gasteiger partial charge in [-0.1, -0.05) is 23.7 Å². The minimum Gasteiger partial charge on any atom is -0.380 e. The van der Waals surface area contributed by atoms with Crippen molar-refractivity contribution < 1.29 is 0 Å². The Balaban J connectivity index is 1.86. The molecule has 3 aromatic rings. The van der Waals surface area contributed by atoms with Crippen LogP contribution in [0.25, 0.3) is 10.8 Å². The van der Waals surface area contributed by atoms with Gasteiger partial charge in [0.2, 0.25) is 0 Å². The fourth-order valence-corrected chi connectivity index (χ4v) is 2.92. The van der Waals surface area contributed by atoms with E-state index in [0.717, 1.165) is 22.0 Å². The van der Waals surface area contributed by atoms with Gasteiger partial charge in [0.25, 0.3) is 0 Å². The molecule has 0 aliphatic rings. The van der Waals surface area contributed by atoms with Gasteiger partial charge >= 0.3 is 0 Å². The van der Waals surface area contributed by atoms with Crippen LogP contribution in [0.2, 0.25) is 4.34 Å². The number of benzene rings is 1. The first-order valence-electron chi connectivity index (χ1n) is 5.64. The second-order valence-electron chi connectivity index (χ2n) is 3.96. The highest BCUT2D eigenvalue weighted by atomic mass is 35.5. The molecule has 90 valence electrons. The number of nitrogens with zero attached hydrogens (tertiary/aromatic N) is 1. The fourth-order valence-electron chi connectivity index (χ4n) is 1.90. The predicted molar refractivity (Wildman–Crippen MR) is 78.4 cm³/mol. The highest BCUT2D eigenvalue weighted by molar-refractivity contribution is 7.16. The minimum absolute atomic E-state index is 0.783. The van der Waals surface area contributed by atoms with Crippen molar-refractivity contribution in [1.82, 2.24) is 4.98 Å². The molecule has 0 atom stereocenters. The molecule has 18 heavy (non-hydrogen) atoms. The van der Waals surface area contributed by atoms with Crippen LogP contribution in [0.4, 0.5) is 5.69 Å². The maximum Gasteiger partial charge on any atom is 0.0931 e. The second kappa shape index (κ2) is 4.96. The number of anilines is 1. The third-order valence-corrected chi connectivity index (χ3v) is 4.00. The molecule has 0 unspecified atom stereocenters. The first kappa shape index (κ1) is 11.5. The second-order valence-corrected chi connectivity index (χ2v) is 5.76. The van der Waals surface area contributed by atoms with Crippen molar-refractivity contribution in [3.8, 4) is 0 Å². The number of aromatic nitrogens is 1. The lowest BCUT2D eigenvalue weighted by atomic mass is 10.1. The molecule has 1 N–H and O–H groups in total. The van der Waals surface area contributed by atoms with E-state index in [2.05, 4.69) is 22.4 Å². The van der Waals surface area contributed by atoms with Gasteiger partial charge in [-0.25, -0.2) is 0 Å². The van der Waals surface area contributed by atoms with Crippen molar-refractivity contribution in [1.29, 1.82) is 0 Å². The Morgan fingerprint density at radius 3 is 2.94 bits per heavy atom. The SMILES string of the molecule is Clc1ccc(CNc2cccc3ccncc23)s1. The molecule has 2 aromatic heterocycles. The molecule has 0 bridgehead atoms. The van der Waals surface area contributed by atoms with Gasteiger partial charge < -0.3 is 5.32 Å². The summed E-state index contributed by atoms with van der Waals surface area (Å²) < 4.78 is 0.825. The van der Waals surface area contributed by atoms with E-state index in [0.29, 0.717) is 0 Å². The lowest BCUT2D eigenvalue weighted by Gasteiger charge is -2.08. The van der Waals surface area contributed by atoms with Crippen molar-refractivity contribution in [3.05, 3.63) is 58.0 Å². The van der Waals surface area contributed by atoms with Crippen LogP contribution in [0.15, 0.2) is 48.8 Å². The zero-order chi connectivity index (χ0) is 12.4. The van der Waals surface area contributed by atoms with E-state index in [1.165, 1.54) is 10.3 Å². The van der Waals surface area contributed by atoms with Crippen LogP contribution in [-0.2, 0) is 6.54 Å². The molecule has 4 heteroatoms. The zero-order valence-electron chi connectivity index (χ0n) is 9.56. The Hall–Kier alpha value is -1.58. The number of pyridine rings is 1. The predicted octanol–water partition coefficient (Wildman–Crippen LogP) is 4.56. The van der Waals surface area contributed by atoms with E-state index >= 15 is 0 Å². The van der Waals surface area contributed by atoms with E-state index in [9.17, 15) is 0 Å². The molecule has 0 saturated carbocycles. The molecule has 0 amide bonds. The number of hydrogen-bond donors (Lipinski definition) is 1. The van der Waals surface area contributed by atoms with Gasteiger partial charge in [0.1, 0.15) is 0 Å². The smallest absolute Gasteiger partial charge is 0.0931 e. The van der Waals surface area contributed by atoms with Gasteiger partial charge in [0.05, 0.1) is 4.34 Å². The molecule has 1 aromatic carbocycles. The van der Waals surface area contributed by atoms with Crippen molar-refractivity contribution >= 4 is 39.4 Å².